The third kappa shape index (κ3) is 4.10. The lowest BCUT2D eigenvalue weighted by atomic mass is 9.86. The van der Waals surface area contributed by atoms with Gasteiger partial charge in [0.05, 0.1) is 24.8 Å². The number of rotatable bonds is 5. The van der Waals surface area contributed by atoms with Crippen LogP contribution in [0, 0.1) is 24.4 Å². The molecule has 0 fully saturated rings. The van der Waals surface area contributed by atoms with Crippen LogP contribution in [-0.4, -0.2) is 36.5 Å². The van der Waals surface area contributed by atoms with Crippen LogP contribution in [0.4, 0.5) is 13.2 Å². The van der Waals surface area contributed by atoms with Crippen molar-refractivity contribution in [2.75, 3.05) is 7.11 Å². The molecule has 0 spiro atoms. The highest BCUT2D eigenvalue weighted by Gasteiger charge is 2.40. The average molecular weight is 481 g/mol. The van der Waals surface area contributed by atoms with E-state index >= 15 is 0 Å². The molecular formula is C25H22F3N5O2. The second-order valence-corrected chi connectivity index (χ2v) is 8.42. The van der Waals surface area contributed by atoms with Crippen molar-refractivity contribution in [1.82, 2.24) is 24.3 Å². The molecule has 0 unspecified atom stereocenters. The molecule has 3 heterocycles. The minimum atomic E-state index is -1.79. The third-order valence-corrected chi connectivity index (χ3v) is 6.05. The predicted molar refractivity (Wildman–Crippen MR) is 122 cm³/mol. The zero-order valence-corrected chi connectivity index (χ0v) is 19.0. The van der Waals surface area contributed by atoms with Crippen molar-refractivity contribution in [3.63, 3.8) is 0 Å². The number of methoxy groups -OCH3 is 1. The fourth-order valence-electron chi connectivity index (χ4n) is 4.29. The van der Waals surface area contributed by atoms with Crippen molar-refractivity contribution in [3.8, 4) is 11.4 Å². The first-order valence-electron chi connectivity index (χ1n) is 11.0. The van der Waals surface area contributed by atoms with Gasteiger partial charge in [0.1, 0.15) is 11.4 Å². The van der Waals surface area contributed by atoms with E-state index in [1.807, 2.05) is 35.9 Å². The standard InChI is InChI=1S/C25H22F3N5O2/c1-15-13-32(14-29-15)20-6-4-16(10-21(20)35-2)5-7-22-30-24-25(34,8-3-9-33(24)31-22)17-11-18(26)23(28)19(27)12-17/h4-7,10-14,34H,3,8-9H2,1-2H3/t25-/m1/s1. The summed E-state index contributed by atoms with van der Waals surface area (Å²) in [6.07, 6.45) is 7.75. The van der Waals surface area contributed by atoms with E-state index in [2.05, 4.69) is 15.1 Å². The molecule has 5 rings (SSSR count). The Kier molecular flexibility index (Phi) is 5.68. The Balaban J connectivity index is 1.45. The van der Waals surface area contributed by atoms with Gasteiger partial charge in [0.2, 0.25) is 0 Å². The van der Waals surface area contributed by atoms with Crippen molar-refractivity contribution in [1.29, 1.82) is 0 Å². The summed E-state index contributed by atoms with van der Waals surface area (Å²) < 4.78 is 50.1. The summed E-state index contributed by atoms with van der Waals surface area (Å²) in [7, 11) is 1.59. The van der Waals surface area contributed by atoms with Gasteiger partial charge in [-0.3, -0.25) is 0 Å². The maximum absolute atomic E-state index is 13.9. The van der Waals surface area contributed by atoms with Crippen LogP contribution in [0.3, 0.4) is 0 Å². The summed E-state index contributed by atoms with van der Waals surface area (Å²) in [6, 6.07) is 7.26. The lowest BCUT2D eigenvalue weighted by Crippen LogP contribution is -2.36. The van der Waals surface area contributed by atoms with Gasteiger partial charge in [-0.1, -0.05) is 12.1 Å². The fraction of sp³-hybridized carbons (Fsp3) is 0.240. The number of aryl methyl sites for hydroxylation is 2. The van der Waals surface area contributed by atoms with Gasteiger partial charge in [-0.05, 0) is 61.2 Å². The normalized spacial score (nSPS) is 17.7. The molecule has 1 aliphatic heterocycles. The Labute approximate surface area is 199 Å². The highest BCUT2D eigenvalue weighted by Crippen LogP contribution is 2.37. The van der Waals surface area contributed by atoms with E-state index in [4.69, 9.17) is 4.74 Å². The molecule has 0 saturated carbocycles. The lowest BCUT2D eigenvalue weighted by Gasteiger charge is -2.31. The van der Waals surface area contributed by atoms with Crippen LogP contribution >= 0.6 is 0 Å². The van der Waals surface area contributed by atoms with Crippen LogP contribution in [0.5, 0.6) is 5.75 Å². The summed E-state index contributed by atoms with van der Waals surface area (Å²) in [5, 5.41) is 15.7. The predicted octanol–water partition coefficient (Wildman–Crippen LogP) is 4.40. The van der Waals surface area contributed by atoms with E-state index in [0.29, 0.717) is 24.5 Å². The van der Waals surface area contributed by atoms with Gasteiger partial charge in [-0.2, -0.15) is 5.10 Å². The minimum absolute atomic E-state index is 0.104. The number of imidazole rings is 1. The molecule has 1 aliphatic rings. The van der Waals surface area contributed by atoms with Crippen LogP contribution in [0.2, 0.25) is 0 Å². The molecule has 1 N–H and O–H groups in total. The molecule has 10 heteroatoms. The highest BCUT2D eigenvalue weighted by atomic mass is 19.2. The molecule has 0 saturated heterocycles. The van der Waals surface area contributed by atoms with E-state index in [0.717, 1.165) is 29.1 Å². The van der Waals surface area contributed by atoms with Gasteiger partial charge in [0.25, 0.3) is 0 Å². The SMILES string of the molecule is COc1cc(C=Cc2nc3n(n2)CCC[C@@]3(O)c2cc(F)c(F)c(F)c2)ccc1-n1cnc(C)c1. The summed E-state index contributed by atoms with van der Waals surface area (Å²) in [4.78, 5) is 8.66. The second-order valence-electron chi connectivity index (χ2n) is 8.42. The molecular weight excluding hydrogens is 459 g/mol. The van der Waals surface area contributed by atoms with Crippen molar-refractivity contribution < 1.29 is 23.0 Å². The lowest BCUT2D eigenvalue weighted by molar-refractivity contribution is 0.0387. The van der Waals surface area contributed by atoms with Gasteiger partial charge in [-0.25, -0.2) is 27.8 Å². The first kappa shape index (κ1) is 22.9. The maximum Gasteiger partial charge on any atom is 0.194 e. The number of aliphatic hydroxyl groups is 1. The van der Waals surface area contributed by atoms with Crippen LogP contribution in [0.1, 0.15) is 41.3 Å². The van der Waals surface area contributed by atoms with E-state index < -0.39 is 23.1 Å². The molecule has 0 amide bonds. The van der Waals surface area contributed by atoms with Gasteiger partial charge in [0.15, 0.2) is 29.1 Å². The molecule has 180 valence electrons. The number of hydrogen-bond donors (Lipinski definition) is 1. The number of hydrogen-bond acceptors (Lipinski definition) is 5. The molecule has 0 radical (unpaired) electrons. The van der Waals surface area contributed by atoms with Gasteiger partial charge in [-0.15, -0.1) is 0 Å². The summed E-state index contributed by atoms with van der Waals surface area (Å²) >= 11 is 0. The number of ether oxygens (including phenoxy) is 1. The average Bonchev–Trinajstić information content (AvgIpc) is 3.47. The molecule has 4 aromatic rings. The van der Waals surface area contributed by atoms with Gasteiger partial charge < -0.3 is 14.4 Å². The van der Waals surface area contributed by atoms with Gasteiger partial charge >= 0.3 is 0 Å². The maximum atomic E-state index is 13.9. The Morgan fingerprint density at radius 2 is 1.89 bits per heavy atom. The number of halogens is 3. The molecule has 2 aromatic carbocycles. The van der Waals surface area contributed by atoms with E-state index in [9.17, 15) is 18.3 Å². The molecule has 1 atom stereocenters. The minimum Gasteiger partial charge on any atom is -0.495 e. The Hall–Kier alpha value is -3.92. The zero-order chi connectivity index (χ0) is 24.7. The van der Waals surface area contributed by atoms with E-state index in [1.54, 1.807) is 25.6 Å². The molecule has 35 heavy (non-hydrogen) atoms. The van der Waals surface area contributed by atoms with Crippen LogP contribution in [0.25, 0.3) is 17.8 Å². The van der Waals surface area contributed by atoms with Crippen LogP contribution in [-0.2, 0) is 12.1 Å². The largest absolute Gasteiger partial charge is 0.495 e. The van der Waals surface area contributed by atoms with Crippen LogP contribution in [0.15, 0.2) is 42.9 Å². The number of benzene rings is 2. The smallest absolute Gasteiger partial charge is 0.194 e. The summed E-state index contributed by atoms with van der Waals surface area (Å²) in [5.74, 6) is -3.20. The van der Waals surface area contributed by atoms with Crippen LogP contribution < -0.4 is 4.74 Å². The number of nitrogens with zero attached hydrogens (tertiary/aromatic N) is 5. The third-order valence-electron chi connectivity index (χ3n) is 6.05. The summed E-state index contributed by atoms with van der Waals surface area (Å²) in [5.41, 5.74) is 0.656. The summed E-state index contributed by atoms with van der Waals surface area (Å²) in [6.45, 7) is 2.39. The van der Waals surface area contributed by atoms with E-state index in [1.165, 1.54) is 4.68 Å². The Bertz CT molecular complexity index is 1420. The first-order chi connectivity index (χ1) is 16.8. The number of fused-ring (bicyclic) bond motifs is 1. The first-order valence-corrected chi connectivity index (χ1v) is 11.0. The van der Waals surface area contributed by atoms with Crippen molar-refractivity contribution in [2.45, 2.75) is 31.9 Å². The van der Waals surface area contributed by atoms with E-state index in [-0.39, 0.29) is 17.8 Å². The van der Waals surface area contributed by atoms with Crippen molar-refractivity contribution in [2.24, 2.45) is 0 Å². The molecule has 0 aliphatic carbocycles. The number of aromatic nitrogens is 5. The highest BCUT2D eigenvalue weighted by molar-refractivity contribution is 5.69. The Morgan fingerprint density at radius 1 is 1.11 bits per heavy atom. The second kappa shape index (κ2) is 8.70. The monoisotopic (exact) mass is 481 g/mol. The molecule has 0 bridgehead atoms. The topological polar surface area (TPSA) is 78.0 Å². The fourth-order valence-corrected chi connectivity index (χ4v) is 4.29. The van der Waals surface area contributed by atoms with Gasteiger partial charge in [0, 0.05) is 12.7 Å². The molecule has 2 aromatic heterocycles. The van der Waals surface area contributed by atoms with Crippen molar-refractivity contribution in [3.05, 3.63) is 88.8 Å². The molecule has 7 nitrogen and oxygen atoms in total. The quantitative estimate of drug-likeness (QED) is 0.428. The zero-order valence-electron chi connectivity index (χ0n) is 19.0. The Morgan fingerprint density at radius 3 is 2.57 bits per heavy atom. The van der Waals surface area contributed by atoms with Crippen molar-refractivity contribution >= 4 is 12.2 Å².